The van der Waals surface area contributed by atoms with Crippen molar-refractivity contribution in [2.45, 2.75) is 96.4 Å². The second kappa shape index (κ2) is 16.8. The number of nitrogens with zero attached hydrogens (tertiary/aromatic N) is 3. The van der Waals surface area contributed by atoms with Crippen molar-refractivity contribution in [1.82, 2.24) is 20.2 Å². The normalized spacial score (nSPS) is 22.8. The number of ketones is 1. The van der Waals surface area contributed by atoms with Gasteiger partial charge in [0.25, 0.3) is 0 Å². The number of halogens is 1. The van der Waals surface area contributed by atoms with Gasteiger partial charge in [0.2, 0.25) is 0 Å². The Morgan fingerprint density at radius 2 is 1.81 bits per heavy atom. The van der Waals surface area contributed by atoms with Gasteiger partial charge in [-0.25, -0.2) is 9.18 Å². The molecular formula is C42H52FN5O3S. The lowest BCUT2D eigenvalue weighted by Gasteiger charge is -2.21. The van der Waals surface area contributed by atoms with Crippen LogP contribution in [-0.2, 0) is 11.2 Å². The number of aromatic nitrogens is 2. The molecule has 2 saturated carbocycles. The van der Waals surface area contributed by atoms with E-state index >= 15 is 4.39 Å². The summed E-state index contributed by atoms with van der Waals surface area (Å²) in [6.45, 7) is 4.74. The molecule has 276 valence electrons. The van der Waals surface area contributed by atoms with E-state index in [0.29, 0.717) is 35.0 Å². The molecule has 2 N–H and O–H groups in total. The Bertz CT molecular complexity index is 1840. The topological polar surface area (TPSA) is 96.5 Å². The Hall–Kier alpha value is -3.89. The summed E-state index contributed by atoms with van der Waals surface area (Å²) >= 11 is 1.52. The maximum absolute atomic E-state index is 15.0. The zero-order valence-electron chi connectivity index (χ0n) is 30.5. The summed E-state index contributed by atoms with van der Waals surface area (Å²) in [5, 5.41) is 5.51. The summed E-state index contributed by atoms with van der Waals surface area (Å²) in [5.41, 5.74) is 3.21. The van der Waals surface area contributed by atoms with Crippen molar-refractivity contribution in [2.24, 2.45) is 23.7 Å². The zero-order chi connectivity index (χ0) is 36.0. The smallest absolute Gasteiger partial charge is 0.319 e. The maximum Gasteiger partial charge on any atom is 0.319 e. The minimum atomic E-state index is -0.566. The molecule has 1 saturated heterocycles. The summed E-state index contributed by atoms with van der Waals surface area (Å²) in [7, 11) is 2.21. The molecule has 1 aliphatic heterocycles. The van der Waals surface area contributed by atoms with E-state index < -0.39 is 5.82 Å². The van der Waals surface area contributed by atoms with Crippen molar-refractivity contribution in [3.63, 3.8) is 0 Å². The number of nitrogens with one attached hydrogen (secondary N) is 2. The highest BCUT2D eigenvalue weighted by Gasteiger charge is 2.29. The third kappa shape index (κ3) is 9.55. The first-order valence-electron chi connectivity index (χ1n) is 19.4. The van der Waals surface area contributed by atoms with Gasteiger partial charge in [0.05, 0.1) is 20.8 Å². The van der Waals surface area contributed by atoms with Crippen molar-refractivity contribution < 1.29 is 18.7 Å². The predicted molar refractivity (Wildman–Crippen MR) is 207 cm³/mol. The van der Waals surface area contributed by atoms with Crippen LogP contribution in [0.3, 0.4) is 0 Å². The number of fused-ring (bicyclic) bond motifs is 1. The molecule has 0 spiro atoms. The van der Waals surface area contributed by atoms with Crippen molar-refractivity contribution >= 4 is 39.1 Å². The van der Waals surface area contributed by atoms with Crippen LogP contribution >= 0.6 is 11.3 Å². The average Bonchev–Trinajstić information content (AvgIpc) is 3.91. The number of urea groups is 1. The van der Waals surface area contributed by atoms with Crippen molar-refractivity contribution in [3.8, 4) is 22.1 Å². The molecule has 2 amide bonds. The molecule has 0 bridgehead atoms. The summed E-state index contributed by atoms with van der Waals surface area (Å²) < 4.78 is 21.8. The largest absolute Gasteiger partial charge is 0.453 e. The van der Waals surface area contributed by atoms with E-state index in [4.69, 9.17) is 9.72 Å². The van der Waals surface area contributed by atoms with Gasteiger partial charge in [0.15, 0.2) is 11.6 Å². The first-order chi connectivity index (χ1) is 25.3. The Kier molecular flexibility index (Phi) is 11.8. The molecule has 2 aliphatic carbocycles. The standard InChI is InChI=1S/C42H52FN5O3S/c1-27-5-9-31(37(49)17-8-28-4-3-22-48(2)23-20-28)12-11-30(27)10-6-29-7-16-35(45-26-29)40-25-36-41(52-40)39(19-21-44-36)51-38-18-15-33(24-34(38)43)47-42(50)46-32-13-14-32/h7,15-16,18-19,21,24-28,30-32H,3-6,8-14,17,20,22-23H2,1-2H3,(H2,46,47,50). The van der Waals surface area contributed by atoms with E-state index in [1.165, 1.54) is 61.4 Å². The van der Waals surface area contributed by atoms with Crippen molar-refractivity contribution in [2.75, 3.05) is 25.5 Å². The van der Waals surface area contributed by atoms with Gasteiger partial charge in [-0.3, -0.25) is 14.8 Å². The summed E-state index contributed by atoms with van der Waals surface area (Å²) in [4.78, 5) is 38.1. The number of Topliss-reactive ketones (excluding diaryl/α,β-unsaturated/α-hetero) is 1. The monoisotopic (exact) mass is 725 g/mol. The van der Waals surface area contributed by atoms with E-state index in [1.54, 1.807) is 18.3 Å². The highest BCUT2D eigenvalue weighted by atomic mass is 32.1. The van der Waals surface area contributed by atoms with Crippen LogP contribution in [0.25, 0.3) is 20.8 Å². The fourth-order valence-electron chi connectivity index (χ4n) is 7.99. The molecule has 3 aromatic heterocycles. The Morgan fingerprint density at radius 3 is 2.62 bits per heavy atom. The Morgan fingerprint density at radius 1 is 0.942 bits per heavy atom. The molecule has 3 aliphatic rings. The van der Waals surface area contributed by atoms with Crippen LogP contribution in [0.1, 0.15) is 89.5 Å². The molecule has 0 radical (unpaired) electrons. The number of hydrogen-bond donors (Lipinski definition) is 2. The third-order valence-corrected chi connectivity index (χ3v) is 12.7. The van der Waals surface area contributed by atoms with Gasteiger partial charge in [0, 0.05) is 48.6 Å². The number of likely N-dealkylation sites (tertiary alicyclic amines) is 1. The highest BCUT2D eigenvalue weighted by Crippen LogP contribution is 2.40. The number of ether oxygens (including phenoxy) is 1. The van der Waals surface area contributed by atoms with Crippen LogP contribution in [0, 0.1) is 29.5 Å². The number of aryl methyl sites for hydroxylation is 1. The van der Waals surface area contributed by atoms with Crippen molar-refractivity contribution in [3.05, 3.63) is 66.2 Å². The molecule has 52 heavy (non-hydrogen) atoms. The Balaban J connectivity index is 0.915. The van der Waals surface area contributed by atoms with Gasteiger partial charge in [-0.15, -0.1) is 11.3 Å². The molecule has 4 unspecified atom stereocenters. The van der Waals surface area contributed by atoms with Crippen LogP contribution in [0.4, 0.5) is 14.9 Å². The van der Waals surface area contributed by atoms with Gasteiger partial charge >= 0.3 is 6.03 Å². The van der Waals surface area contributed by atoms with E-state index in [2.05, 4.69) is 46.6 Å². The number of rotatable bonds is 12. The lowest BCUT2D eigenvalue weighted by molar-refractivity contribution is -0.123. The minimum absolute atomic E-state index is 0.0709. The van der Waals surface area contributed by atoms with Crippen LogP contribution < -0.4 is 15.4 Å². The van der Waals surface area contributed by atoms with Gasteiger partial charge in [0.1, 0.15) is 11.5 Å². The number of hydrogen-bond acceptors (Lipinski definition) is 7. The molecule has 8 nitrogen and oxygen atoms in total. The Labute approximate surface area is 311 Å². The number of amides is 2. The second-order valence-electron chi connectivity index (χ2n) is 15.5. The van der Waals surface area contributed by atoms with Gasteiger partial charge in [-0.1, -0.05) is 13.0 Å². The van der Waals surface area contributed by atoms with Crippen molar-refractivity contribution in [1.29, 1.82) is 0 Å². The summed E-state index contributed by atoms with van der Waals surface area (Å²) in [5.74, 6) is 2.76. The third-order valence-electron chi connectivity index (χ3n) is 11.6. The maximum atomic E-state index is 15.0. The van der Waals surface area contributed by atoms with Crippen LogP contribution in [-0.4, -0.2) is 52.9 Å². The summed E-state index contributed by atoms with van der Waals surface area (Å²) in [6, 6.07) is 12.3. The molecule has 3 fully saturated rings. The SMILES string of the molecule is CC1CCC(C(=O)CCC2CCCN(C)CC2)CCC1CCc1ccc(-c2cc3nccc(Oc4ccc(NC(=O)NC5CC5)cc4F)c3s2)nc1. The van der Waals surface area contributed by atoms with Crippen LogP contribution in [0.2, 0.25) is 0 Å². The molecule has 4 aromatic rings. The molecule has 10 heteroatoms. The molecule has 4 heterocycles. The number of carbonyl (C=O) groups is 2. The highest BCUT2D eigenvalue weighted by molar-refractivity contribution is 7.22. The predicted octanol–water partition coefficient (Wildman–Crippen LogP) is 10.0. The average molecular weight is 726 g/mol. The van der Waals surface area contributed by atoms with Gasteiger partial charge in [-0.05, 0) is 145 Å². The fourth-order valence-corrected chi connectivity index (χ4v) is 9.04. The molecule has 1 aromatic carbocycles. The molecule has 7 rings (SSSR count). The lowest BCUT2D eigenvalue weighted by atomic mass is 9.85. The minimum Gasteiger partial charge on any atom is -0.453 e. The van der Waals surface area contributed by atoms with E-state index in [1.807, 2.05) is 12.3 Å². The number of thiophene rings is 1. The first kappa shape index (κ1) is 36.5. The van der Waals surface area contributed by atoms with E-state index in [-0.39, 0.29) is 23.7 Å². The summed E-state index contributed by atoms with van der Waals surface area (Å²) in [6.07, 6.45) is 17.7. The second-order valence-corrected chi connectivity index (χ2v) is 16.6. The van der Waals surface area contributed by atoms with E-state index in [9.17, 15) is 9.59 Å². The number of anilines is 1. The molecular weight excluding hydrogens is 674 g/mol. The lowest BCUT2D eigenvalue weighted by Crippen LogP contribution is -2.30. The quantitative estimate of drug-likeness (QED) is 0.141. The number of pyridine rings is 2. The zero-order valence-corrected chi connectivity index (χ0v) is 31.4. The van der Waals surface area contributed by atoms with Gasteiger partial charge in [-0.2, -0.15) is 0 Å². The van der Waals surface area contributed by atoms with Crippen LogP contribution in [0.5, 0.6) is 11.5 Å². The number of carbonyl (C=O) groups excluding carboxylic acids is 2. The van der Waals surface area contributed by atoms with Gasteiger partial charge < -0.3 is 20.3 Å². The van der Waals surface area contributed by atoms with E-state index in [0.717, 1.165) is 85.0 Å². The fraction of sp³-hybridized carbons (Fsp3) is 0.524. The number of benzene rings is 1. The van der Waals surface area contributed by atoms with Crippen LogP contribution in [0.15, 0.2) is 54.9 Å². The first-order valence-corrected chi connectivity index (χ1v) is 20.2. The molecule has 4 atom stereocenters.